The van der Waals surface area contributed by atoms with Crippen molar-refractivity contribution in [3.63, 3.8) is 0 Å². The van der Waals surface area contributed by atoms with Crippen LogP contribution in [0.25, 0.3) is 0 Å². The molecule has 2 atom stereocenters. The van der Waals surface area contributed by atoms with Gasteiger partial charge < -0.3 is 4.74 Å². The monoisotopic (exact) mass is 446 g/mol. The molecular weight excluding hydrogens is 424 g/mol. The molecule has 1 aliphatic rings. The zero-order chi connectivity index (χ0) is 21.9. The topological polar surface area (TPSA) is 58.6 Å². The number of rotatable bonds is 6. The molecule has 0 bridgehead atoms. The highest BCUT2D eigenvalue weighted by Crippen LogP contribution is 2.33. The summed E-state index contributed by atoms with van der Waals surface area (Å²) in [6.45, 7) is 2.19. The minimum Gasteiger partial charge on any atom is -0.371 e. The third-order valence-electron chi connectivity index (χ3n) is 4.77. The Hall–Kier alpha value is -2.01. The van der Waals surface area contributed by atoms with Crippen LogP contribution in [0.4, 0.5) is 17.6 Å². The number of hydrogen-bond acceptors (Lipinski definition) is 4. The quantitative estimate of drug-likeness (QED) is 0.690. The molecule has 30 heavy (non-hydrogen) atoms. The van der Waals surface area contributed by atoms with Crippen LogP contribution in [0.1, 0.15) is 28.8 Å². The molecule has 1 fully saturated rings. The van der Waals surface area contributed by atoms with Gasteiger partial charge in [-0.3, -0.25) is 4.90 Å². The largest absolute Gasteiger partial charge is 0.408 e. The standard InChI is InChI=1S/C20H22F4N2O3S/c1-30(27,28)25-19(20(22,23)24)16-4-2-14(3-5-16)12-26-10-11-29-18(13-26)15-6-8-17(21)9-7-15/h2-9,18-19,25H,10-13H2,1H3/t18?,19-/m0/s1. The molecule has 0 aromatic heterocycles. The second-order valence-corrected chi connectivity index (χ2v) is 9.03. The lowest BCUT2D eigenvalue weighted by molar-refractivity contribution is -0.153. The average Bonchev–Trinajstić information content (AvgIpc) is 2.66. The van der Waals surface area contributed by atoms with Crippen LogP contribution in [0.3, 0.4) is 0 Å². The van der Waals surface area contributed by atoms with Crippen LogP contribution >= 0.6 is 0 Å². The first-order valence-electron chi connectivity index (χ1n) is 9.23. The van der Waals surface area contributed by atoms with Crippen molar-refractivity contribution in [1.29, 1.82) is 0 Å². The number of nitrogens with zero attached hydrogens (tertiary/aromatic N) is 1. The van der Waals surface area contributed by atoms with Gasteiger partial charge in [-0.05, 0) is 28.8 Å². The number of ether oxygens (including phenoxy) is 1. The molecule has 0 radical (unpaired) electrons. The van der Waals surface area contributed by atoms with Crippen molar-refractivity contribution in [3.05, 3.63) is 71.0 Å². The van der Waals surface area contributed by atoms with Gasteiger partial charge in [0.1, 0.15) is 11.9 Å². The second-order valence-electron chi connectivity index (χ2n) is 7.25. The number of hydrogen-bond donors (Lipinski definition) is 1. The van der Waals surface area contributed by atoms with Crippen molar-refractivity contribution in [2.45, 2.75) is 24.9 Å². The van der Waals surface area contributed by atoms with E-state index in [9.17, 15) is 26.0 Å². The summed E-state index contributed by atoms with van der Waals surface area (Å²) in [5.41, 5.74) is 1.47. The minimum absolute atomic E-state index is 0.178. The third-order valence-corrected chi connectivity index (χ3v) is 5.43. The van der Waals surface area contributed by atoms with Gasteiger partial charge in [0.15, 0.2) is 0 Å². The van der Waals surface area contributed by atoms with Gasteiger partial charge >= 0.3 is 6.18 Å². The molecule has 3 rings (SSSR count). The molecule has 2 aromatic carbocycles. The first kappa shape index (κ1) is 22.7. The van der Waals surface area contributed by atoms with E-state index in [1.807, 2.05) is 0 Å². The van der Waals surface area contributed by atoms with Crippen molar-refractivity contribution in [1.82, 2.24) is 9.62 Å². The minimum atomic E-state index is -4.75. The average molecular weight is 446 g/mol. The summed E-state index contributed by atoms with van der Waals surface area (Å²) >= 11 is 0. The van der Waals surface area contributed by atoms with E-state index in [4.69, 9.17) is 4.74 Å². The Morgan fingerprint density at radius 2 is 1.77 bits per heavy atom. The third kappa shape index (κ3) is 6.24. The molecule has 0 amide bonds. The highest BCUT2D eigenvalue weighted by Gasteiger charge is 2.42. The Kier molecular flexibility index (Phi) is 6.81. The SMILES string of the molecule is CS(=O)(=O)N[C@@H](c1ccc(CN2CCOC(c3ccc(F)cc3)C2)cc1)C(F)(F)F. The lowest BCUT2D eigenvalue weighted by atomic mass is 10.0. The molecular formula is C20H22F4N2O3S. The predicted molar refractivity (Wildman–Crippen MR) is 104 cm³/mol. The second kappa shape index (κ2) is 9.01. The molecule has 5 nitrogen and oxygen atoms in total. The zero-order valence-electron chi connectivity index (χ0n) is 16.2. The lowest BCUT2D eigenvalue weighted by Crippen LogP contribution is -2.38. The van der Waals surface area contributed by atoms with Crippen LogP contribution in [0, 0.1) is 5.82 Å². The summed E-state index contributed by atoms with van der Waals surface area (Å²) in [6.07, 6.45) is -4.28. The van der Waals surface area contributed by atoms with Gasteiger partial charge in [0.25, 0.3) is 0 Å². The first-order chi connectivity index (χ1) is 14.0. The van der Waals surface area contributed by atoms with E-state index >= 15 is 0 Å². The van der Waals surface area contributed by atoms with Gasteiger partial charge in [-0.15, -0.1) is 0 Å². The summed E-state index contributed by atoms with van der Waals surface area (Å²) in [5.74, 6) is -0.325. The number of morpholine rings is 1. The highest BCUT2D eigenvalue weighted by molar-refractivity contribution is 7.88. The smallest absolute Gasteiger partial charge is 0.371 e. The Labute approximate surface area is 172 Å². The van der Waals surface area contributed by atoms with Gasteiger partial charge in [0.2, 0.25) is 10.0 Å². The van der Waals surface area contributed by atoms with Crippen LogP contribution in [-0.4, -0.2) is 45.4 Å². The zero-order valence-corrected chi connectivity index (χ0v) is 17.0. The van der Waals surface area contributed by atoms with E-state index in [0.717, 1.165) is 11.1 Å². The van der Waals surface area contributed by atoms with Crippen LogP contribution in [-0.2, 0) is 21.3 Å². The van der Waals surface area contributed by atoms with Crippen LogP contribution in [0.2, 0.25) is 0 Å². The van der Waals surface area contributed by atoms with Gasteiger partial charge in [-0.25, -0.2) is 12.8 Å². The van der Waals surface area contributed by atoms with Gasteiger partial charge in [-0.2, -0.15) is 17.9 Å². The fourth-order valence-corrected chi connectivity index (χ4v) is 4.03. The molecule has 2 aromatic rings. The maximum atomic E-state index is 13.3. The van der Waals surface area contributed by atoms with Crippen molar-refractivity contribution >= 4 is 10.0 Å². The Bertz CT molecular complexity index is 948. The Balaban J connectivity index is 1.68. The van der Waals surface area contributed by atoms with Gasteiger partial charge in [0, 0.05) is 19.6 Å². The van der Waals surface area contributed by atoms with Gasteiger partial charge in [0.05, 0.1) is 19.0 Å². The molecule has 0 saturated carbocycles. The van der Waals surface area contributed by atoms with E-state index in [0.29, 0.717) is 32.5 Å². The molecule has 1 aliphatic heterocycles. The van der Waals surface area contributed by atoms with Crippen molar-refractivity contribution in [3.8, 4) is 0 Å². The summed E-state index contributed by atoms with van der Waals surface area (Å²) in [6, 6.07) is 9.46. The number of nitrogens with one attached hydrogen (secondary N) is 1. The fraction of sp³-hybridized carbons (Fsp3) is 0.400. The lowest BCUT2D eigenvalue weighted by Gasteiger charge is -2.33. The number of halogens is 4. The van der Waals surface area contributed by atoms with Crippen molar-refractivity contribution in [2.24, 2.45) is 0 Å². The maximum Gasteiger partial charge on any atom is 0.408 e. The van der Waals surface area contributed by atoms with Crippen LogP contribution < -0.4 is 4.72 Å². The predicted octanol–water partition coefficient (Wildman–Crippen LogP) is 3.55. The highest BCUT2D eigenvalue weighted by atomic mass is 32.2. The Morgan fingerprint density at radius 3 is 2.33 bits per heavy atom. The number of benzene rings is 2. The van der Waals surface area contributed by atoms with E-state index in [-0.39, 0.29) is 17.5 Å². The Morgan fingerprint density at radius 1 is 1.13 bits per heavy atom. The van der Waals surface area contributed by atoms with Crippen molar-refractivity contribution < 1.29 is 30.7 Å². The van der Waals surface area contributed by atoms with Gasteiger partial charge in [-0.1, -0.05) is 36.4 Å². The summed E-state index contributed by atoms with van der Waals surface area (Å²) in [4.78, 5) is 2.10. The van der Waals surface area contributed by atoms with Crippen molar-refractivity contribution in [2.75, 3.05) is 26.0 Å². The normalized spacial score (nSPS) is 19.6. The van der Waals surface area contributed by atoms with E-state index in [1.54, 1.807) is 29.0 Å². The molecule has 0 aliphatic carbocycles. The van der Waals surface area contributed by atoms with E-state index < -0.39 is 22.2 Å². The van der Waals surface area contributed by atoms with Crippen LogP contribution in [0.5, 0.6) is 0 Å². The maximum absolute atomic E-state index is 13.3. The number of alkyl halides is 3. The summed E-state index contributed by atoms with van der Waals surface area (Å²) in [7, 11) is -4.04. The summed E-state index contributed by atoms with van der Waals surface area (Å²) in [5, 5.41) is 0. The molecule has 164 valence electrons. The fourth-order valence-electron chi connectivity index (χ4n) is 3.34. The first-order valence-corrected chi connectivity index (χ1v) is 11.1. The molecule has 1 saturated heterocycles. The number of sulfonamides is 1. The molecule has 1 N–H and O–H groups in total. The van der Waals surface area contributed by atoms with E-state index in [1.165, 1.54) is 24.3 Å². The molecule has 1 heterocycles. The van der Waals surface area contributed by atoms with E-state index in [2.05, 4.69) is 4.90 Å². The molecule has 0 spiro atoms. The molecule has 1 unspecified atom stereocenters. The molecule has 10 heteroatoms. The summed E-state index contributed by atoms with van der Waals surface area (Å²) < 4.78 is 82.9. The van der Waals surface area contributed by atoms with Crippen LogP contribution in [0.15, 0.2) is 48.5 Å².